The first kappa shape index (κ1) is 15.1. The maximum absolute atomic E-state index is 13.3. The number of thioether (sulfide) groups is 1. The van der Waals surface area contributed by atoms with E-state index in [0.717, 1.165) is 42.5 Å². The fraction of sp³-hybridized carbons (Fsp3) is 0.400. The summed E-state index contributed by atoms with van der Waals surface area (Å²) in [6.07, 6.45) is 6.99. The number of halogens is 1. The molecular formula is C15H19FN2OS. The number of imidazole rings is 1. The fourth-order valence-electron chi connectivity index (χ4n) is 1.91. The van der Waals surface area contributed by atoms with Gasteiger partial charge in [-0.25, -0.2) is 9.37 Å². The highest BCUT2D eigenvalue weighted by Crippen LogP contribution is 2.22. The van der Waals surface area contributed by atoms with Gasteiger partial charge in [0.05, 0.1) is 5.69 Å². The fourth-order valence-corrected chi connectivity index (χ4v) is 2.88. The first-order chi connectivity index (χ1) is 9.81. The van der Waals surface area contributed by atoms with E-state index in [-0.39, 0.29) is 5.82 Å². The minimum Gasteiger partial charge on any atom is -0.385 e. The van der Waals surface area contributed by atoms with Gasteiger partial charge in [0.2, 0.25) is 0 Å². The molecule has 0 atom stereocenters. The number of aromatic nitrogens is 2. The molecule has 0 aliphatic carbocycles. The summed E-state index contributed by atoms with van der Waals surface area (Å²) in [5, 5.41) is 0.905. The van der Waals surface area contributed by atoms with E-state index in [1.165, 1.54) is 12.1 Å². The molecule has 5 heteroatoms. The molecule has 0 radical (unpaired) electrons. The zero-order valence-corrected chi connectivity index (χ0v) is 12.4. The Morgan fingerprint density at radius 2 is 2.20 bits per heavy atom. The number of nitrogens with zero attached hydrogens (tertiary/aromatic N) is 2. The van der Waals surface area contributed by atoms with Crippen LogP contribution < -0.4 is 0 Å². The van der Waals surface area contributed by atoms with Crippen LogP contribution in [0.2, 0.25) is 0 Å². The van der Waals surface area contributed by atoms with Gasteiger partial charge in [0, 0.05) is 31.9 Å². The molecule has 3 nitrogen and oxygen atoms in total. The quantitative estimate of drug-likeness (QED) is 0.545. The number of rotatable bonds is 8. The molecule has 0 saturated heterocycles. The van der Waals surface area contributed by atoms with Crippen molar-refractivity contribution in [3.63, 3.8) is 0 Å². The maximum Gasteiger partial charge on any atom is 0.172 e. The van der Waals surface area contributed by atoms with Gasteiger partial charge in [0.15, 0.2) is 5.16 Å². The SMILES string of the molecule is COCCCCCSc1nccn1-c1cccc(F)c1. The molecule has 2 rings (SSSR count). The summed E-state index contributed by atoms with van der Waals surface area (Å²) < 4.78 is 20.2. The van der Waals surface area contributed by atoms with Crippen molar-refractivity contribution >= 4 is 11.8 Å². The Balaban J connectivity index is 1.89. The summed E-state index contributed by atoms with van der Waals surface area (Å²) in [5.41, 5.74) is 0.810. The number of unbranched alkanes of at least 4 members (excludes halogenated alkanes) is 2. The largest absolute Gasteiger partial charge is 0.385 e. The third-order valence-electron chi connectivity index (χ3n) is 2.92. The molecular weight excluding hydrogens is 275 g/mol. The molecule has 108 valence electrons. The van der Waals surface area contributed by atoms with Crippen LogP contribution >= 0.6 is 11.8 Å². The number of hydrogen-bond acceptors (Lipinski definition) is 3. The lowest BCUT2D eigenvalue weighted by molar-refractivity contribution is 0.192. The molecule has 1 aromatic heterocycles. The number of ether oxygens (including phenoxy) is 1. The summed E-state index contributed by atoms with van der Waals surface area (Å²) in [5.74, 6) is 0.780. The van der Waals surface area contributed by atoms with Crippen molar-refractivity contribution in [2.24, 2.45) is 0 Å². The average molecular weight is 294 g/mol. The summed E-state index contributed by atoms with van der Waals surface area (Å²) in [4.78, 5) is 4.33. The van der Waals surface area contributed by atoms with E-state index < -0.39 is 0 Å². The van der Waals surface area contributed by atoms with Gasteiger partial charge in [-0.2, -0.15) is 0 Å². The zero-order chi connectivity index (χ0) is 14.2. The first-order valence-corrected chi connectivity index (χ1v) is 7.71. The van der Waals surface area contributed by atoms with Crippen LogP contribution in [0.5, 0.6) is 0 Å². The van der Waals surface area contributed by atoms with Crippen LogP contribution in [0, 0.1) is 5.82 Å². The van der Waals surface area contributed by atoms with Crippen LogP contribution in [-0.4, -0.2) is 29.0 Å². The van der Waals surface area contributed by atoms with E-state index in [1.54, 1.807) is 31.1 Å². The van der Waals surface area contributed by atoms with Crippen LogP contribution in [0.1, 0.15) is 19.3 Å². The molecule has 0 N–H and O–H groups in total. The van der Waals surface area contributed by atoms with E-state index in [9.17, 15) is 4.39 Å². The standard InChI is InChI=1S/C15H19FN2OS/c1-19-10-3-2-4-11-20-15-17-8-9-18(15)14-7-5-6-13(16)12-14/h5-9,12H,2-4,10-11H2,1H3. The second-order valence-electron chi connectivity index (χ2n) is 4.46. The molecule has 0 amide bonds. The van der Waals surface area contributed by atoms with E-state index in [4.69, 9.17) is 4.74 Å². The van der Waals surface area contributed by atoms with E-state index in [2.05, 4.69) is 4.98 Å². The summed E-state index contributed by atoms with van der Waals surface area (Å²) >= 11 is 1.70. The Labute approximate surface area is 123 Å². The minimum absolute atomic E-state index is 0.230. The van der Waals surface area contributed by atoms with Gasteiger partial charge in [-0.15, -0.1) is 0 Å². The van der Waals surface area contributed by atoms with Crippen molar-refractivity contribution in [2.45, 2.75) is 24.4 Å². The summed E-state index contributed by atoms with van der Waals surface area (Å²) in [6.45, 7) is 0.822. The molecule has 0 aliphatic heterocycles. The maximum atomic E-state index is 13.3. The third kappa shape index (κ3) is 4.35. The lowest BCUT2D eigenvalue weighted by Crippen LogP contribution is -1.96. The molecule has 20 heavy (non-hydrogen) atoms. The van der Waals surface area contributed by atoms with Gasteiger partial charge < -0.3 is 4.74 Å². The normalized spacial score (nSPS) is 10.9. The van der Waals surface area contributed by atoms with Gasteiger partial charge in [0.1, 0.15) is 5.82 Å². The first-order valence-electron chi connectivity index (χ1n) is 6.72. The Kier molecular flexibility index (Phi) is 6.08. The molecule has 0 fully saturated rings. The van der Waals surface area contributed by atoms with Crippen molar-refractivity contribution in [1.29, 1.82) is 0 Å². The van der Waals surface area contributed by atoms with Gasteiger partial charge in [-0.1, -0.05) is 24.2 Å². The molecule has 2 aromatic rings. The molecule has 1 aromatic carbocycles. The predicted octanol–water partition coefficient (Wildman–Crippen LogP) is 3.92. The molecule has 1 heterocycles. The van der Waals surface area contributed by atoms with E-state index >= 15 is 0 Å². The Morgan fingerprint density at radius 3 is 3.00 bits per heavy atom. The van der Waals surface area contributed by atoms with Gasteiger partial charge in [-0.3, -0.25) is 4.57 Å². The van der Waals surface area contributed by atoms with Gasteiger partial charge in [-0.05, 0) is 31.0 Å². The second-order valence-corrected chi connectivity index (χ2v) is 5.52. The molecule has 0 unspecified atom stereocenters. The average Bonchev–Trinajstić information content (AvgIpc) is 2.91. The summed E-state index contributed by atoms with van der Waals surface area (Å²) in [7, 11) is 1.73. The van der Waals surface area contributed by atoms with E-state index in [0.29, 0.717) is 0 Å². The molecule has 0 saturated carbocycles. The highest BCUT2D eigenvalue weighted by molar-refractivity contribution is 7.99. The predicted molar refractivity (Wildman–Crippen MR) is 80.0 cm³/mol. The van der Waals surface area contributed by atoms with Crippen LogP contribution in [0.15, 0.2) is 41.8 Å². The number of benzene rings is 1. The molecule has 0 bridgehead atoms. The number of methoxy groups -OCH3 is 1. The minimum atomic E-state index is -0.230. The van der Waals surface area contributed by atoms with Gasteiger partial charge in [0.25, 0.3) is 0 Å². The van der Waals surface area contributed by atoms with Crippen molar-refractivity contribution in [1.82, 2.24) is 9.55 Å². The Morgan fingerprint density at radius 1 is 1.30 bits per heavy atom. The van der Waals surface area contributed by atoms with E-state index in [1.807, 2.05) is 16.8 Å². The number of hydrogen-bond donors (Lipinski definition) is 0. The van der Waals surface area contributed by atoms with Gasteiger partial charge >= 0.3 is 0 Å². The zero-order valence-electron chi connectivity index (χ0n) is 11.6. The van der Waals surface area contributed by atoms with Crippen molar-refractivity contribution < 1.29 is 9.13 Å². The van der Waals surface area contributed by atoms with Crippen molar-refractivity contribution in [3.8, 4) is 5.69 Å². The monoisotopic (exact) mass is 294 g/mol. The third-order valence-corrected chi connectivity index (χ3v) is 3.97. The van der Waals surface area contributed by atoms with Crippen LogP contribution in [-0.2, 0) is 4.74 Å². The molecule has 0 spiro atoms. The smallest absolute Gasteiger partial charge is 0.172 e. The lowest BCUT2D eigenvalue weighted by Gasteiger charge is -2.07. The van der Waals surface area contributed by atoms with Crippen LogP contribution in [0.4, 0.5) is 4.39 Å². The molecule has 0 aliphatic rings. The second kappa shape index (κ2) is 8.07. The Bertz CT molecular complexity index is 530. The topological polar surface area (TPSA) is 27.1 Å². The van der Waals surface area contributed by atoms with Crippen molar-refractivity contribution in [3.05, 3.63) is 42.5 Å². The van der Waals surface area contributed by atoms with Crippen LogP contribution in [0.3, 0.4) is 0 Å². The highest BCUT2D eigenvalue weighted by Gasteiger charge is 2.06. The highest BCUT2D eigenvalue weighted by atomic mass is 32.2. The van der Waals surface area contributed by atoms with Crippen molar-refractivity contribution in [2.75, 3.05) is 19.5 Å². The lowest BCUT2D eigenvalue weighted by atomic mass is 10.3. The Hall–Kier alpha value is -1.33. The van der Waals surface area contributed by atoms with Crippen LogP contribution in [0.25, 0.3) is 5.69 Å². The summed E-state index contributed by atoms with van der Waals surface area (Å²) in [6, 6.07) is 6.56.